The lowest BCUT2D eigenvalue weighted by Crippen LogP contribution is -2.28. The van der Waals surface area contributed by atoms with E-state index in [4.69, 9.17) is 5.11 Å². The van der Waals surface area contributed by atoms with Crippen molar-refractivity contribution < 1.29 is 19.5 Å². The Hall–Kier alpha value is -4.56. The van der Waals surface area contributed by atoms with Crippen LogP contribution in [0.1, 0.15) is 27.9 Å². The number of hydrogen-bond donors (Lipinski definition) is 4. The molecule has 0 spiro atoms. The molecular formula is C30H27N3O4S. The largest absolute Gasteiger partial charge is 0.481 e. The van der Waals surface area contributed by atoms with Crippen molar-refractivity contribution >= 4 is 41.0 Å². The second kappa shape index (κ2) is 13.1. The van der Waals surface area contributed by atoms with Gasteiger partial charge in [-0.15, -0.1) is 0 Å². The van der Waals surface area contributed by atoms with Gasteiger partial charge in [0, 0.05) is 39.7 Å². The number of nitrogens with one attached hydrogen (secondary N) is 3. The maximum absolute atomic E-state index is 12.8. The Bertz CT molecular complexity index is 1410. The number of carbonyl (C=O) groups is 3. The maximum Gasteiger partial charge on any atom is 0.319 e. The molecule has 4 N–H and O–H groups in total. The predicted molar refractivity (Wildman–Crippen MR) is 150 cm³/mol. The van der Waals surface area contributed by atoms with Gasteiger partial charge in [-0.1, -0.05) is 60.3 Å². The third-order valence-corrected chi connectivity index (χ3v) is 6.55. The van der Waals surface area contributed by atoms with Crippen LogP contribution in [-0.2, 0) is 17.8 Å². The van der Waals surface area contributed by atoms with Crippen LogP contribution in [-0.4, -0.2) is 23.0 Å². The monoisotopic (exact) mass is 525 g/mol. The van der Waals surface area contributed by atoms with E-state index in [0.717, 1.165) is 20.9 Å². The number of amides is 3. The molecule has 0 fully saturated rings. The van der Waals surface area contributed by atoms with E-state index >= 15 is 0 Å². The van der Waals surface area contributed by atoms with E-state index in [-0.39, 0.29) is 18.4 Å². The first-order valence-electron chi connectivity index (χ1n) is 12.0. The predicted octanol–water partition coefficient (Wildman–Crippen LogP) is 6.43. The van der Waals surface area contributed by atoms with E-state index in [0.29, 0.717) is 29.9 Å². The molecule has 0 saturated heterocycles. The van der Waals surface area contributed by atoms with Crippen molar-refractivity contribution in [1.82, 2.24) is 5.32 Å². The second-order valence-corrected chi connectivity index (χ2v) is 9.64. The number of aryl methyl sites for hydroxylation is 1. The summed E-state index contributed by atoms with van der Waals surface area (Å²) in [5.74, 6) is -1.10. The number of carboxylic acid groups (broad SMARTS) is 1. The smallest absolute Gasteiger partial charge is 0.319 e. The standard InChI is InChI=1S/C30H27N3O4S/c34-28(35)17-12-21-8-4-11-27(18-21)38-26-15-13-24(14-16-26)32-29(36)23-9-5-10-25(19-23)33-30(37)31-20-22-6-2-1-3-7-22/h1-11,13-16,18-19H,12,17,20H2,(H,32,36)(H,34,35)(H2,31,33,37). The van der Waals surface area contributed by atoms with Gasteiger partial charge in [0.25, 0.3) is 5.91 Å². The van der Waals surface area contributed by atoms with E-state index < -0.39 is 5.97 Å². The summed E-state index contributed by atoms with van der Waals surface area (Å²) in [4.78, 5) is 37.9. The third kappa shape index (κ3) is 8.25. The van der Waals surface area contributed by atoms with Crippen molar-refractivity contribution in [2.45, 2.75) is 29.2 Å². The molecule has 0 heterocycles. The summed E-state index contributed by atoms with van der Waals surface area (Å²) < 4.78 is 0. The van der Waals surface area contributed by atoms with Crippen LogP contribution in [0.25, 0.3) is 0 Å². The molecule has 0 atom stereocenters. The number of carboxylic acids is 1. The number of urea groups is 1. The third-order valence-electron chi connectivity index (χ3n) is 5.55. The van der Waals surface area contributed by atoms with Gasteiger partial charge in [-0.3, -0.25) is 9.59 Å². The summed E-state index contributed by atoms with van der Waals surface area (Å²) in [5, 5.41) is 17.3. The lowest BCUT2D eigenvalue weighted by Gasteiger charge is -2.10. The molecule has 3 amide bonds. The van der Waals surface area contributed by atoms with Crippen LogP contribution in [0.15, 0.2) is 113 Å². The Morgan fingerprint density at radius 3 is 2.18 bits per heavy atom. The zero-order valence-electron chi connectivity index (χ0n) is 20.5. The molecule has 0 unspecified atom stereocenters. The molecule has 4 aromatic carbocycles. The minimum Gasteiger partial charge on any atom is -0.481 e. The van der Waals surface area contributed by atoms with Gasteiger partial charge in [-0.05, 0) is 72.1 Å². The van der Waals surface area contributed by atoms with Crippen LogP contribution in [0.2, 0.25) is 0 Å². The fraction of sp³-hybridized carbons (Fsp3) is 0.100. The average molecular weight is 526 g/mol. The molecule has 0 aliphatic rings. The van der Waals surface area contributed by atoms with Crippen LogP contribution in [0.5, 0.6) is 0 Å². The van der Waals surface area contributed by atoms with Gasteiger partial charge >= 0.3 is 12.0 Å². The number of aliphatic carboxylic acids is 1. The van der Waals surface area contributed by atoms with Gasteiger partial charge in [0.1, 0.15) is 0 Å². The van der Waals surface area contributed by atoms with Crippen LogP contribution in [0, 0.1) is 0 Å². The molecule has 0 bridgehead atoms. The van der Waals surface area contributed by atoms with Gasteiger partial charge in [0.2, 0.25) is 0 Å². The van der Waals surface area contributed by atoms with E-state index in [1.807, 2.05) is 78.9 Å². The highest BCUT2D eigenvalue weighted by molar-refractivity contribution is 7.99. The van der Waals surface area contributed by atoms with Crippen molar-refractivity contribution in [2.24, 2.45) is 0 Å². The highest BCUT2D eigenvalue weighted by atomic mass is 32.2. The molecule has 0 radical (unpaired) electrons. The van der Waals surface area contributed by atoms with E-state index in [9.17, 15) is 14.4 Å². The second-order valence-electron chi connectivity index (χ2n) is 8.50. The molecule has 0 aliphatic heterocycles. The topological polar surface area (TPSA) is 108 Å². The van der Waals surface area contributed by atoms with Gasteiger partial charge in [-0.25, -0.2) is 4.79 Å². The molecule has 0 saturated carbocycles. The number of anilines is 2. The first-order chi connectivity index (χ1) is 18.4. The SMILES string of the molecule is O=C(O)CCc1cccc(Sc2ccc(NC(=O)c3cccc(NC(=O)NCc4ccccc4)c3)cc2)c1. The van der Waals surface area contributed by atoms with Gasteiger partial charge in [0.15, 0.2) is 0 Å². The zero-order valence-corrected chi connectivity index (χ0v) is 21.3. The van der Waals surface area contributed by atoms with E-state index in [1.165, 1.54) is 0 Å². The highest BCUT2D eigenvalue weighted by Gasteiger charge is 2.09. The maximum atomic E-state index is 12.8. The fourth-order valence-corrected chi connectivity index (χ4v) is 4.55. The first kappa shape index (κ1) is 26.5. The molecule has 0 aromatic heterocycles. The molecule has 4 aromatic rings. The van der Waals surface area contributed by atoms with Gasteiger partial charge in [-0.2, -0.15) is 0 Å². The van der Waals surface area contributed by atoms with E-state index in [1.54, 1.807) is 36.0 Å². The van der Waals surface area contributed by atoms with Crippen molar-refractivity contribution in [2.75, 3.05) is 10.6 Å². The van der Waals surface area contributed by atoms with Crippen molar-refractivity contribution in [3.05, 3.63) is 120 Å². The molecule has 4 rings (SSSR count). The lowest BCUT2D eigenvalue weighted by molar-refractivity contribution is -0.136. The first-order valence-corrected chi connectivity index (χ1v) is 12.8. The Morgan fingerprint density at radius 1 is 0.684 bits per heavy atom. The molecular weight excluding hydrogens is 498 g/mol. The quantitative estimate of drug-likeness (QED) is 0.191. The summed E-state index contributed by atoms with van der Waals surface area (Å²) in [6.07, 6.45) is 0.590. The van der Waals surface area contributed by atoms with Crippen LogP contribution in [0.3, 0.4) is 0 Å². The number of benzene rings is 4. The van der Waals surface area contributed by atoms with Gasteiger partial charge in [0.05, 0.1) is 0 Å². The summed E-state index contributed by atoms with van der Waals surface area (Å²) in [6, 6.07) is 31.3. The molecule has 7 nitrogen and oxygen atoms in total. The van der Waals surface area contributed by atoms with Crippen molar-refractivity contribution in [1.29, 1.82) is 0 Å². The zero-order chi connectivity index (χ0) is 26.7. The summed E-state index contributed by atoms with van der Waals surface area (Å²) in [5.41, 5.74) is 3.55. The fourth-order valence-electron chi connectivity index (χ4n) is 3.65. The minimum absolute atomic E-state index is 0.100. The average Bonchev–Trinajstić information content (AvgIpc) is 2.93. The Balaban J connectivity index is 1.30. The molecule has 38 heavy (non-hydrogen) atoms. The van der Waals surface area contributed by atoms with Crippen molar-refractivity contribution in [3.63, 3.8) is 0 Å². The van der Waals surface area contributed by atoms with Crippen LogP contribution < -0.4 is 16.0 Å². The Labute approximate surface area is 225 Å². The summed E-state index contributed by atoms with van der Waals surface area (Å²) in [6.45, 7) is 0.400. The normalized spacial score (nSPS) is 10.4. The van der Waals surface area contributed by atoms with Gasteiger partial charge < -0.3 is 21.1 Å². The number of carbonyl (C=O) groups excluding carboxylic acids is 2. The van der Waals surface area contributed by atoms with E-state index in [2.05, 4.69) is 16.0 Å². The summed E-state index contributed by atoms with van der Waals surface area (Å²) in [7, 11) is 0. The highest BCUT2D eigenvalue weighted by Crippen LogP contribution is 2.29. The molecule has 192 valence electrons. The number of rotatable bonds is 10. The lowest BCUT2D eigenvalue weighted by atomic mass is 10.1. The van der Waals surface area contributed by atoms with Crippen LogP contribution in [0.4, 0.5) is 16.2 Å². The van der Waals surface area contributed by atoms with Crippen LogP contribution >= 0.6 is 11.8 Å². The Kier molecular flexibility index (Phi) is 9.15. The minimum atomic E-state index is -0.812. The number of hydrogen-bond acceptors (Lipinski definition) is 4. The molecule has 0 aliphatic carbocycles. The van der Waals surface area contributed by atoms with Crippen molar-refractivity contribution in [3.8, 4) is 0 Å². The molecule has 8 heteroatoms. The summed E-state index contributed by atoms with van der Waals surface area (Å²) >= 11 is 1.56. The Morgan fingerprint density at radius 2 is 1.42 bits per heavy atom.